The van der Waals surface area contributed by atoms with Crippen molar-refractivity contribution < 1.29 is 12.6 Å². The molecule has 0 saturated heterocycles. The number of halogens is 2. The van der Waals surface area contributed by atoms with E-state index in [-0.39, 0.29) is 16.5 Å². The molecule has 1 aromatic carbocycles. The second-order valence-corrected chi connectivity index (χ2v) is 10.2. The summed E-state index contributed by atoms with van der Waals surface area (Å²) in [5.74, 6) is 0. The van der Waals surface area contributed by atoms with Crippen LogP contribution in [-0.2, 0) is 14.3 Å². The van der Waals surface area contributed by atoms with Crippen molar-refractivity contribution in [1.29, 1.82) is 0 Å². The lowest BCUT2D eigenvalue weighted by Gasteiger charge is -2.08. The summed E-state index contributed by atoms with van der Waals surface area (Å²) < 4.78 is 29.5. The highest BCUT2D eigenvalue weighted by molar-refractivity contribution is 7.86. The van der Waals surface area contributed by atoms with Gasteiger partial charge in [0.1, 0.15) is 4.90 Å². The van der Waals surface area contributed by atoms with Gasteiger partial charge in [0.15, 0.2) is 0 Å². The van der Waals surface area contributed by atoms with E-state index in [9.17, 15) is 8.42 Å². The predicted octanol–water partition coefficient (Wildman–Crippen LogP) is 8.57. The van der Waals surface area contributed by atoms with Crippen molar-refractivity contribution in [3.8, 4) is 0 Å². The third-order valence-electron chi connectivity index (χ3n) is 5.15. The summed E-state index contributed by atoms with van der Waals surface area (Å²) in [6.45, 7) is 2.45. The maximum Gasteiger partial charge on any atom is 0.298 e. The van der Waals surface area contributed by atoms with E-state index >= 15 is 0 Å². The maximum absolute atomic E-state index is 12.2. The molecule has 0 aliphatic heterocycles. The third kappa shape index (κ3) is 12.9. The Balaban J connectivity index is 1.95. The molecule has 6 heteroatoms. The average Bonchev–Trinajstić information content (AvgIpc) is 2.69. The van der Waals surface area contributed by atoms with Gasteiger partial charge in [-0.3, -0.25) is 4.18 Å². The van der Waals surface area contributed by atoms with Crippen molar-refractivity contribution in [1.82, 2.24) is 0 Å². The van der Waals surface area contributed by atoms with Crippen LogP contribution in [0.4, 0.5) is 0 Å². The molecule has 0 fully saturated rings. The smallest absolute Gasteiger partial charge is 0.266 e. The first-order chi connectivity index (χ1) is 14.0. The SMILES string of the molecule is CCCCCCCCCCCCCCCCCOS(=O)(=O)c1cc(Cl)ccc1Cl. The molecular formula is C23H38Cl2O3S. The van der Waals surface area contributed by atoms with Crippen LogP contribution in [0.1, 0.15) is 103 Å². The normalized spacial score (nSPS) is 11.8. The molecule has 29 heavy (non-hydrogen) atoms. The second-order valence-electron chi connectivity index (χ2n) is 7.80. The zero-order valence-corrected chi connectivity index (χ0v) is 20.3. The monoisotopic (exact) mass is 464 g/mol. The van der Waals surface area contributed by atoms with Gasteiger partial charge in [0.2, 0.25) is 0 Å². The molecule has 1 rings (SSSR count). The van der Waals surface area contributed by atoms with Gasteiger partial charge in [0.25, 0.3) is 10.1 Å². The zero-order chi connectivity index (χ0) is 21.4. The lowest BCUT2D eigenvalue weighted by molar-refractivity contribution is 0.306. The molecule has 0 N–H and O–H groups in total. The van der Waals surface area contributed by atoms with Crippen LogP contribution in [0, 0.1) is 0 Å². The number of unbranched alkanes of at least 4 members (excludes halogenated alkanes) is 14. The molecule has 0 atom stereocenters. The highest BCUT2D eigenvalue weighted by Gasteiger charge is 2.19. The second kappa shape index (κ2) is 16.4. The van der Waals surface area contributed by atoms with Gasteiger partial charge in [0, 0.05) is 5.02 Å². The van der Waals surface area contributed by atoms with Crippen LogP contribution in [0.3, 0.4) is 0 Å². The zero-order valence-electron chi connectivity index (χ0n) is 17.9. The fourth-order valence-corrected chi connectivity index (χ4v) is 5.05. The van der Waals surface area contributed by atoms with Gasteiger partial charge in [-0.2, -0.15) is 8.42 Å². The summed E-state index contributed by atoms with van der Waals surface area (Å²) in [6, 6.07) is 4.34. The van der Waals surface area contributed by atoms with Gasteiger partial charge in [-0.25, -0.2) is 0 Å². The minimum Gasteiger partial charge on any atom is -0.266 e. The number of benzene rings is 1. The van der Waals surface area contributed by atoms with Crippen LogP contribution < -0.4 is 0 Å². The summed E-state index contributed by atoms with van der Waals surface area (Å²) in [6.07, 6.45) is 19.1. The molecule has 0 spiro atoms. The Bertz CT molecular complexity index is 648. The fraction of sp³-hybridized carbons (Fsp3) is 0.739. The Hall–Kier alpha value is -0.290. The van der Waals surface area contributed by atoms with Crippen LogP contribution in [0.25, 0.3) is 0 Å². The van der Waals surface area contributed by atoms with Crippen molar-refractivity contribution in [3.63, 3.8) is 0 Å². The number of rotatable bonds is 18. The van der Waals surface area contributed by atoms with Crippen molar-refractivity contribution in [2.75, 3.05) is 6.61 Å². The third-order valence-corrected chi connectivity index (χ3v) is 7.18. The topological polar surface area (TPSA) is 43.4 Å². The van der Waals surface area contributed by atoms with E-state index in [1.165, 1.54) is 89.2 Å². The standard InChI is InChI=1S/C23H38Cl2O3S/c1-2-3-4-5-6-7-8-9-10-11-12-13-14-15-16-19-28-29(26,27)23-20-21(24)17-18-22(23)25/h17-18,20H,2-16,19H2,1H3. The van der Waals surface area contributed by atoms with E-state index in [0.717, 1.165) is 19.3 Å². The van der Waals surface area contributed by atoms with Gasteiger partial charge in [-0.15, -0.1) is 0 Å². The Morgan fingerprint density at radius 1 is 0.724 bits per heavy atom. The van der Waals surface area contributed by atoms with Gasteiger partial charge in [0.05, 0.1) is 11.6 Å². The lowest BCUT2D eigenvalue weighted by atomic mass is 10.0. The molecule has 0 bridgehead atoms. The molecule has 0 saturated carbocycles. The molecule has 1 aromatic rings. The van der Waals surface area contributed by atoms with E-state index in [1.54, 1.807) is 6.07 Å². The van der Waals surface area contributed by atoms with Crippen LogP contribution in [0.2, 0.25) is 10.0 Å². The molecule has 0 aliphatic rings. The van der Waals surface area contributed by atoms with Crippen molar-refractivity contribution in [2.24, 2.45) is 0 Å². The molecule has 0 amide bonds. The molecule has 0 unspecified atom stereocenters. The largest absolute Gasteiger partial charge is 0.298 e. The van der Waals surface area contributed by atoms with E-state index < -0.39 is 10.1 Å². The fourth-order valence-electron chi connectivity index (χ4n) is 3.37. The Kier molecular flexibility index (Phi) is 15.1. The first-order valence-electron chi connectivity index (χ1n) is 11.3. The Morgan fingerprint density at radius 3 is 1.66 bits per heavy atom. The van der Waals surface area contributed by atoms with E-state index in [1.807, 2.05) is 0 Å². The summed E-state index contributed by atoms with van der Waals surface area (Å²) in [5, 5.41) is 0.453. The summed E-state index contributed by atoms with van der Waals surface area (Å²) >= 11 is 11.8. The van der Waals surface area contributed by atoms with Crippen LogP contribution in [0.15, 0.2) is 23.1 Å². The summed E-state index contributed by atoms with van der Waals surface area (Å²) in [4.78, 5) is -0.0624. The molecule has 0 heterocycles. The quantitative estimate of drug-likeness (QED) is 0.161. The van der Waals surface area contributed by atoms with Crippen LogP contribution >= 0.6 is 23.2 Å². The maximum atomic E-state index is 12.2. The molecule has 0 aliphatic carbocycles. The molecular weight excluding hydrogens is 427 g/mol. The lowest BCUT2D eigenvalue weighted by Crippen LogP contribution is -2.08. The molecule has 0 aromatic heterocycles. The van der Waals surface area contributed by atoms with Crippen LogP contribution in [0.5, 0.6) is 0 Å². The van der Waals surface area contributed by atoms with Crippen molar-refractivity contribution in [3.05, 3.63) is 28.2 Å². The first-order valence-corrected chi connectivity index (χ1v) is 13.5. The first kappa shape index (κ1) is 26.7. The van der Waals surface area contributed by atoms with Gasteiger partial charge < -0.3 is 0 Å². The predicted molar refractivity (Wildman–Crippen MR) is 125 cm³/mol. The van der Waals surface area contributed by atoms with E-state index in [0.29, 0.717) is 5.02 Å². The van der Waals surface area contributed by atoms with Gasteiger partial charge >= 0.3 is 0 Å². The van der Waals surface area contributed by atoms with Gasteiger partial charge in [-0.1, -0.05) is 120 Å². The van der Waals surface area contributed by atoms with E-state index in [2.05, 4.69) is 6.92 Å². The molecule has 0 radical (unpaired) electrons. The van der Waals surface area contributed by atoms with Crippen molar-refractivity contribution in [2.45, 2.75) is 108 Å². The van der Waals surface area contributed by atoms with Crippen LogP contribution in [-0.4, -0.2) is 15.0 Å². The summed E-state index contributed by atoms with van der Waals surface area (Å²) in [7, 11) is -3.85. The minimum atomic E-state index is -3.85. The minimum absolute atomic E-state index is 0.0624. The Morgan fingerprint density at radius 2 is 1.17 bits per heavy atom. The number of hydrogen-bond acceptors (Lipinski definition) is 3. The highest BCUT2D eigenvalue weighted by Crippen LogP contribution is 2.26. The summed E-state index contributed by atoms with van der Waals surface area (Å²) in [5.41, 5.74) is 0. The number of hydrogen-bond donors (Lipinski definition) is 0. The molecule has 3 nitrogen and oxygen atoms in total. The molecule has 168 valence electrons. The van der Waals surface area contributed by atoms with Gasteiger partial charge in [-0.05, 0) is 24.6 Å². The Labute approximate surface area is 188 Å². The van der Waals surface area contributed by atoms with E-state index in [4.69, 9.17) is 27.4 Å². The average molecular weight is 466 g/mol. The highest BCUT2D eigenvalue weighted by atomic mass is 35.5. The van der Waals surface area contributed by atoms with Crippen molar-refractivity contribution >= 4 is 33.3 Å².